The van der Waals surface area contributed by atoms with Gasteiger partial charge in [0, 0.05) is 17.5 Å². The van der Waals surface area contributed by atoms with Gasteiger partial charge >= 0.3 is 0 Å². The van der Waals surface area contributed by atoms with Crippen molar-refractivity contribution in [1.82, 2.24) is 9.97 Å². The predicted molar refractivity (Wildman–Crippen MR) is 154 cm³/mol. The van der Waals surface area contributed by atoms with Crippen molar-refractivity contribution in [3.8, 4) is 11.4 Å². The lowest BCUT2D eigenvalue weighted by Gasteiger charge is -2.60. The minimum Gasteiger partial charge on any atom is -0.236 e. The van der Waals surface area contributed by atoms with Crippen molar-refractivity contribution in [1.29, 1.82) is 0 Å². The topological polar surface area (TPSA) is 25.8 Å². The third-order valence-corrected chi connectivity index (χ3v) is 12.3. The second-order valence-electron chi connectivity index (χ2n) is 14.6. The molecule has 3 saturated carbocycles. The quantitative estimate of drug-likeness (QED) is 0.397. The molecule has 0 radical (unpaired) electrons. The van der Waals surface area contributed by atoms with Gasteiger partial charge in [-0.15, -0.1) is 0 Å². The number of hydrogen-bond donors (Lipinski definition) is 0. The van der Waals surface area contributed by atoms with Gasteiger partial charge < -0.3 is 0 Å². The van der Waals surface area contributed by atoms with E-state index >= 15 is 0 Å². The Morgan fingerprint density at radius 2 is 1.68 bits per heavy atom. The third-order valence-electron chi connectivity index (χ3n) is 12.3. The maximum atomic E-state index is 5.13. The summed E-state index contributed by atoms with van der Waals surface area (Å²) >= 11 is 0. The molecule has 1 aromatic carbocycles. The molecule has 0 saturated heterocycles. The first-order chi connectivity index (χ1) is 17.8. The summed E-state index contributed by atoms with van der Waals surface area (Å²) in [5.74, 6) is 7.19. The molecule has 0 N–H and O–H groups in total. The minimum absolute atomic E-state index is 0.426. The zero-order chi connectivity index (χ0) is 25.8. The summed E-state index contributed by atoms with van der Waals surface area (Å²) in [5, 5.41) is 0. The predicted octanol–water partition coefficient (Wildman–Crippen LogP) is 9.18. The zero-order valence-electron chi connectivity index (χ0n) is 24.2. The first-order valence-corrected chi connectivity index (χ1v) is 15.7. The maximum Gasteiger partial charge on any atom is 0.159 e. The first-order valence-electron chi connectivity index (χ1n) is 15.7. The molecule has 0 spiro atoms. The summed E-state index contributed by atoms with van der Waals surface area (Å²) in [6.07, 6.45) is 17.6. The van der Waals surface area contributed by atoms with Crippen LogP contribution in [0.1, 0.15) is 104 Å². The van der Waals surface area contributed by atoms with E-state index in [9.17, 15) is 0 Å². The van der Waals surface area contributed by atoms with Crippen LogP contribution in [0, 0.1) is 52.3 Å². The molecule has 0 amide bonds. The van der Waals surface area contributed by atoms with Gasteiger partial charge in [-0.25, -0.2) is 9.97 Å². The lowest BCUT2D eigenvalue weighted by molar-refractivity contribution is -0.103. The molecular formula is C35H50N2. The fourth-order valence-corrected chi connectivity index (χ4v) is 10.3. The number of fused-ring (bicyclic) bond motifs is 6. The highest BCUT2D eigenvalue weighted by molar-refractivity contribution is 5.55. The van der Waals surface area contributed by atoms with Gasteiger partial charge in [0.2, 0.25) is 0 Å². The minimum atomic E-state index is 0.426. The average molecular weight is 499 g/mol. The van der Waals surface area contributed by atoms with Crippen molar-refractivity contribution in [2.75, 3.05) is 0 Å². The van der Waals surface area contributed by atoms with E-state index in [1.54, 1.807) is 0 Å². The molecule has 3 fully saturated rings. The van der Waals surface area contributed by atoms with E-state index in [4.69, 9.17) is 9.97 Å². The lowest BCUT2D eigenvalue weighted by Crippen LogP contribution is -2.54. The Morgan fingerprint density at radius 3 is 2.46 bits per heavy atom. The molecule has 2 nitrogen and oxygen atoms in total. The average Bonchev–Trinajstić information content (AvgIpc) is 3.24. The number of benzene rings is 1. The van der Waals surface area contributed by atoms with Crippen LogP contribution < -0.4 is 0 Å². The number of hydrogen-bond acceptors (Lipinski definition) is 2. The second-order valence-corrected chi connectivity index (χ2v) is 14.6. The van der Waals surface area contributed by atoms with Gasteiger partial charge in [0.15, 0.2) is 5.82 Å². The largest absolute Gasteiger partial charge is 0.236 e. The van der Waals surface area contributed by atoms with E-state index in [2.05, 4.69) is 71.1 Å². The zero-order valence-corrected chi connectivity index (χ0v) is 24.2. The second kappa shape index (κ2) is 9.80. The van der Waals surface area contributed by atoms with E-state index in [0.717, 1.165) is 59.2 Å². The highest BCUT2D eigenvalue weighted by Gasteiger charge is 2.60. The monoisotopic (exact) mass is 498 g/mol. The SMILES string of the molecule is CC(C)CCC[C@@H](C)[C@H]1CC[C@H]2[C@@H]3CC[C@H]4Cc5nc(-c6ccccc6)ncc5C[C@]4(C)[C@H]3CC[C@]12C. The standard InChI is InChI=1S/C35H50N2/c1-23(2)10-9-11-24(3)29-16-17-30-28-15-14-27-20-32-26(21-35(27,5)31(28)18-19-34(29,30)4)22-36-33(37-32)25-12-7-6-8-13-25/h6-8,12-13,22-24,27-31H,9-11,14-21H2,1-5H3/t24-,27+,28+,29-,30+,31+,34-,35+/m1/s1. The van der Waals surface area contributed by atoms with Crippen LogP contribution >= 0.6 is 0 Å². The Kier molecular flexibility index (Phi) is 6.77. The molecule has 37 heavy (non-hydrogen) atoms. The molecule has 0 unspecified atom stereocenters. The molecule has 1 heterocycles. The first kappa shape index (κ1) is 25.6. The molecule has 0 bridgehead atoms. The number of nitrogens with zero attached hydrogens (tertiary/aromatic N) is 2. The normalized spacial score (nSPS) is 37.4. The summed E-state index contributed by atoms with van der Waals surface area (Å²) in [6, 6.07) is 10.5. The van der Waals surface area contributed by atoms with Crippen LogP contribution in [0.2, 0.25) is 0 Å². The Morgan fingerprint density at radius 1 is 0.892 bits per heavy atom. The smallest absolute Gasteiger partial charge is 0.159 e. The van der Waals surface area contributed by atoms with Crippen LogP contribution in [0.25, 0.3) is 11.4 Å². The highest BCUT2D eigenvalue weighted by Crippen LogP contribution is 2.67. The highest BCUT2D eigenvalue weighted by atomic mass is 14.9. The fraction of sp³-hybridized carbons (Fsp3) is 0.714. The molecule has 8 atom stereocenters. The van der Waals surface area contributed by atoms with Gasteiger partial charge in [0.25, 0.3) is 0 Å². The van der Waals surface area contributed by atoms with Gasteiger partial charge in [-0.3, -0.25) is 0 Å². The lowest BCUT2D eigenvalue weighted by atomic mass is 9.44. The van der Waals surface area contributed by atoms with E-state index in [0.29, 0.717) is 10.8 Å². The summed E-state index contributed by atoms with van der Waals surface area (Å²) in [7, 11) is 0. The number of rotatable bonds is 6. The van der Waals surface area contributed by atoms with E-state index in [1.807, 2.05) is 0 Å². The van der Waals surface area contributed by atoms with Crippen molar-refractivity contribution < 1.29 is 0 Å². The maximum absolute atomic E-state index is 5.13. The molecule has 1 aromatic heterocycles. The van der Waals surface area contributed by atoms with Gasteiger partial charge in [-0.1, -0.05) is 84.2 Å². The summed E-state index contributed by atoms with van der Waals surface area (Å²) in [4.78, 5) is 9.98. The molecule has 0 aliphatic heterocycles. The molecule has 2 heteroatoms. The molecule has 2 aromatic rings. The van der Waals surface area contributed by atoms with E-state index in [-0.39, 0.29) is 0 Å². The molecule has 6 rings (SSSR count). The van der Waals surface area contributed by atoms with Crippen LogP contribution in [-0.4, -0.2) is 9.97 Å². The summed E-state index contributed by atoms with van der Waals surface area (Å²) < 4.78 is 0. The van der Waals surface area contributed by atoms with Crippen molar-refractivity contribution in [2.24, 2.45) is 52.3 Å². The van der Waals surface area contributed by atoms with Gasteiger partial charge in [-0.2, -0.15) is 0 Å². The van der Waals surface area contributed by atoms with Crippen LogP contribution in [0.15, 0.2) is 36.5 Å². The van der Waals surface area contributed by atoms with E-state index < -0.39 is 0 Å². The fourth-order valence-electron chi connectivity index (χ4n) is 10.3. The van der Waals surface area contributed by atoms with Crippen LogP contribution in [0.5, 0.6) is 0 Å². The number of aromatic nitrogens is 2. The van der Waals surface area contributed by atoms with Crippen LogP contribution in [-0.2, 0) is 12.8 Å². The van der Waals surface area contributed by atoms with Crippen molar-refractivity contribution in [3.63, 3.8) is 0 Å². The van der Waals surface area contributed by atoms with Crippen molar-refractivity contribution in [3.05, 3.63) is 47.8 Å². The molecule has 4 aliphatic rings. The molecule has 4 aliphatic carbocycles. The Labute approximate surface area is 226 Å². The summed E-state index contributed by atoms with van der Waals surface area (Å²) in [5.41, 5.74) is 4.93. The van der Waals surface area contributed by atoms with Crippen molar-refractivity contribution in [2.45, 2.75) is 105 Å². The Bertz CT molecular complexity index is 1090. The molecule has 200 valence electrons. The van der Waals surface area contributed by atoms with Gasteiger partial charge in [0.05, 0.1) is 0 Å². The Balaban J connectivity index is 1.20. The van der Waals surface area contributed by atoms with Crippen molar-refractivity contribution >= 4 is 0 Å². The Hall–Kier alpha value is -1.70. The van der Waals surface area contributed by atoms with Gasteiger partial charge in [0.1, 0.15) is 0 Å². The van der Waals surface area contributed by atoms with Gasteiger partial charge in [-0.05, 0) is 109 Å². The van der Waals surface area contributed by atoms with E-state index in [1.165, 1.54) is 75.5 Å². The third kappa shape index (κ3) is 4.39. The van der Waals surface area contributed by atoms with Crippen LogP contribution in [0.3, 0.4) is 0 Å². The molecular weight excluding hydrogens is 448 g/mol. The van der Waals surface area contributed by atoms with Crippen LogP contribution in [0.4, 0.5) is 0 Å². The summed E-state index contributed by atoms with van der Waals surface area (Å²) in [6.45, 7) is 12.8.